The van der Waals surface area contributed by atoms with Crippen molar-refractivity contribution >= 4 is 28.2 Å². The SMILES string of the molecule is C[C@@H]1C[C@H](N)C[C@H](c2ccncc2NC(=O)c2ccc(F)c3cc(N4CCCOCC4)cnc23)C1. The molecule has 3 heterocycles. The van der Waals surface area contributed by atoms with Crippen LogP contribution >= 0.6 is 0 Å². The lowest BCUT2D eigenvalue weighted by Gasteiger charge is -2.32. The van der Waals surface area contributed by atoms with Gasteiger partial charge in [0.05, 0.1) is 41.5 Å². The van der Waals surface area contributed by atoms with Gasteiger partial charge in [-0.2, -0.15) is 0 Å². The van der Waals surface area contributed by atoms with E-state index in [1.165, 1.54) is 12.1 Å². The molecule has 184 valence electrons. The van der Waals surface area contributed by atoms with Crippen LogP contribution in [0, 0.1) is 11.7 Å². The number of anilines is 2. The van der Waals surface area contributed by atoms with E-state index in [4.69, 9.17) is 10.5 Å². The summed E-state index contributed by atoms with van der Waals surface area (Å²) in [4.78, 5) is 24.3. The third kappa shape index (κ3) is 5.13. The molecule has 8 heteroatoms. The summed E-state index contributed by atoms with van der Waals surface area (Å²) in [5.74, 6) is 0.0519. The van der Waals surface area contributed by atoms with Gasteiger partial charge in [0.2, 0.25) is 0 Å². The smallest absolute Gasteiger partial charge is 0.257 e. The first-order valence-electron chi connectivity index (χ1n) is 12.4. The van der Waals surface area contributed by atoms with Crippen molar-refractivity contribution < 1.29 is 13.9 Å². The van der Waals surface area contributed by atoms with E-state index in [9.17, 15) is 9.18 Å². The summed E-state index contributed by atoms with van der Waals surface area (Å²) in [6.07, 6.45) is 8.96. The number of fused-ring (bicyclic) bond motifs is 1. The van der Waals surface area contributed by atoms with Crippen LogP contribution in [0.25, 0.3) is 10.9 Å². The minimum atomic E-state index is -0.399. The first-order chi connectivity index (χ1) is 17.0. The summed E-state index contributed by atoms with van der Waals surface area (Å²) < 4.78 is 20.4. The number of hydrogen-bond acceptors (Lipinski definition) is 6. The largest absolute Gasteiger partial charge is 0.380 e. The molecule has 2 fully saturated rings. The molecule has 3 N–H and O–H groups in total. The lowest BCUT2D eigenvalue weighted by Crippen LogP contribution is -2.31. The lowest BCUT2D eigenvalue weighted by molar-refractivity contribution is 0.102. The minimum Gasteiger partial charge on any atom is -0.380 e. The maximum absolute atomic E-state index is 14.8. The fourth-order valence-corrected chi connectivity index (χ4v) is 5.50. The minimum absolute atomic E-state index is 0.149. The van der Waals surface area contributed by atoms with Crippen molar-refractivity contribution in [2.45, 2.75) is 44.6 Å². The molecule has 0 bridgehead atoms. The highest BCUT2D eigenvalue weighted by Gasteiger charge is 2.28. The quantitative estimate of drug-likeness (QED) is 0.576. The molecule has 35 heavy (non-hydrogen) atoms. The molecule has 0 radical (unpaired) electrons. The summed E-state index contributed by atoms with van der Waals surface area (Å²) >= 11 is 0. The molecule has 5 rings (SSSR count). The lowest BCUT2D eigenvalue weighted by atomic mass is 9.76. The van der Waals surface area contributed by atoms with E-state index < -0.39 is 5.82 Å². The van der Waals surface area contributed by atoms with E-state index in [1.54, 1.807) is 24.7 Å². The van der Waals surface area contributed by atoms with Crippen LogP contribution in [-0.4, -0.2) is 48.2 Å². The molecule has 1 saturated heterocycles. The Morgan fingerprint density at radius 3 is 2.91 bits per heavy atom. The van der Waals surface area contributed by atoms with E-state index in [2.05, 4.69) is 27.1 Å². The van der Waals surface area contributed by atoms with Crippen LogP contribution in [-0.2, 0) is 4.74 Å². The molecule has 0 unspecified atom stereocenters. The topological polar surface area (TPSA) is 93.4 Å². The summed E-state index contributed by atoms with van der Waals surface area (Å²) in [6.45, 7) is 5.11. The van der Waals surface area contributed by atoms with Crippen molar-refractivity contribution in [3.8, 4) is 0 Å². The monoisotopic (exact) mass is 477 g/mol. The van der Waals surface area contributed by atoms with Crippen LogP contribution < -0.4 is 16.0 Å². The van der Waals surface area contributed by atoms with Crippen molar-refractivity contribution in [1.29, 1.82) is 0 Å². The number of nitrogens with two attached hydrogens (primary N) is 1. The van der Waals surface area contributed by atoms with Gasteiger partial charge in [0, 0.05) is 37.3 Å². The molecular weight excluding hydrogens is 445 g/mol. The Morgan fingerprint density at radius 1 is 1.17 bits per heavy atom. The number of benzene rings is 1. The highest BCUT2D eigenvalue weighted by Crippen LogP contribution is 2.38. The molecule has 0 spiro atoms. The van der Waals surface area contributed by atoms with Gasteiger partial charge in [0.1, 0.15) is 5.82 Å². The van der Waals surface area contributed by atoms with Gasteiger partial charge in [0.25, 0.3) is 5.91 Å². The molecule has 3 atom stereocenters. The second-order valence-electron chi connectivity index (χ2n) is 9.82. The van der Waals surface area contributed by atoms with Gasteiger partial charge in [-0.15, -0.1) is 0 Å². The Hall–Kier alpha value is -3.10. The maximum Gasteiger partial charge on any atom is 0.257 e. The zero-order valence-electron chi connectivity index (χ0n) is 20.0. The van der Waals surface area contributed by atoms with E-state index in [0.29, 0.717) is 34.7 Å². The van der Waals surface area contributed by atoms with Crippen LogP contribution in [0.15, 0.2) is 42.9 Å². The number of aromatic nitrogens is 2. The van der Waals surface area contributed by atoms with Gasteiger partial charge in [-0.1, -0.05) is 6.92 Å². The van der Waals surface area contributed by atoms with E-state index >= 15 is 0 Å². The van der Waals surface area contributed by atoms with E-state index in [1.807, 2.05) is 6.07 Å². The van der Waals surface area contributed by atoms with Crippen LogP contribution in [0.4, 0.5) is 15.8 Å². The number of carbonyl (C=O) groups is 1. The van der Waals surface area contributed by atoms with Crippen molar-refractivity contribution in [2.24, 2.45) is 11.7 Å². The Bertz CT molecular complexity index is 1200. The standard InChI is InChI=1S/C27H32FN5O2/c1-17-11-18(13-19(29)12-17)21-5-6-30-16-25(21)32-27(34)22-3-4-24(28)23-14-20(15-31-26(22)23)33-7-2-9-35-10-8-33/h3-6,14-19H,2,7-13,29H2,1H3,(H,32,34)/t17-,18+,19-/m0/s1. The number of pyridine rings is 2. The highest BCUT2D eigenvalue weighted by molar-refractivity contribution is 6.12. The molecule has 2 aromatic heterocycles. The molecule has 1 aliphatic carbocycles. The first-order valence-corrected chi connectivity index (χ1v) is 12.4. The van der Waals surface area contributed by atoms with E-state index in [0.717, 1.165) is 56.6 Å². The molecule has 2 aliphatic rings. The normalized spacial score (nSPS) is 23.2. The van der Waals surface area contributed by atoms with Gasteiger partial charge < -0.3 is 20.7 Å². The van der Waals surface area contributed by atoms with Gasteiger partial charge in [-0.3, -0.25) is 14.8 Å². The maximum atomic E-state index is 14.8. The first kappa shape index (κ1) is 23.6. The predicted molar refractivity (Wildman–Crippen MR) is 135 cm³/mol. The van der Waals surface area contributed by atoms with Crippen LogP contribution in [0.1, 0.15) is 54.4 Å². The number of nitrogens with zero attached hydrogens (tertiary/aromatic N) is 3. The van der Waals surface area contributed by atoms with Crippen LogP contribution in [0.5, 0.6) is 0 Å². The molecule has 1 saturated carbocycles. The van der Waals surface area contributed by atoms with Gasteiger partial charge in [0.15, 0.2) is 0 Å². The molecule has 3 aromatic rings. The number of nitrogens with one attached hydrogen (secondary N) is 1. The molecule has 1 aliphatic heterocycles. The number of carbonyl (C=O) groups excluding carboxylic acids is 1. The van der Waals surface area contributed by atoms with Gasteiger partial charge in [-0.25, -0.2) is 4.39 Å². The Labute approximate surface area is 204 Å². The van der Waals surface area contributed by atoms with Gasteiger partial charge >= 0.3 is 0 Å². The van der Waals surface area contributed by atoms with Crippen LogP contribution in [0.2, 0.25) is 0 Å². The van der Waals surface area contributed by atoms with Crippen molar-refractivity contribution in [2.75, 3.05) is 36.5 Å². The van der Waals surface area contributed by atoms with Crippen molar-refractivity contribution in [1.82, 2.24) is 9.97 Å². The summed E-state index contributed by atoms with van der Waals surface area (Å²) in [7, 11) is 0. The fraction of sp³-hybridized carbons (Fsp3) is 0.444. The number of rotatable bonds is 4. The zero-order chi connectivity index (χ0) is 24.4. The van der Waals surface area contributed by atoms with Crippen molar-refractivity contribution in [3.63, 3.8) is 0 Å². The number of ether oxygens (including phenoxy) is 1. The van der Waals surface area contributed by atoms with E-state index in [-0.39, 0.29) is 17.9 Å². The Morgan fingerprint density at radius 2 is 2.06 bits per heavy atom. The average Bonchev–Trinajstić information content (AvgIpc) is 3.13. The second kappa shape index (κ2) is 10.3. The van der Waals surface area contributed by atoms with Crippen LogP contribution in [0.3, 0.4) is 0 Å². The molecular formula is C27H32FN5O2. The highest BCUT2D eigenvalue weighted by atomic mass is 19.1. The van der Waals surface area contributed by atoms with Gasteiger partial charge in [-0.05, 0) is 67.3 Å². The Kier molecular flexibility index (Phi) is 6.92. The fourth-order valence-electron chi connectivity index (χ4n) is 5.50. The second-order valence-corrected chi connectivity index (χ2v) is 9.82. The number of halogens is 1. The number of hydrogen-bond donors (Lipinski definition) is 2. The zero-order valence-corrected chi connectivity index (χ0v) is 20.0. The summed E-state index contributed by atoms with van der Waals surface area (Å²) in [5, 5.41) is 3.35. The third-order valence-electron chi connectivity index (χ3n) is 7.14. The average molecular weight is 478 g/mol. The molecule has 7 nitrogen and oxygen atoms in total. The molecule has 1 amide bonds. The van der Waals surface area contributed by atoms with Crippen molar-refractivity contribution in [3.05, 3.63) is 59.8 Å². The Balaban J connectivity index is 1.43. The predicted octanol–water partition coefficient (Wildman–Crippen LogP) is 4.48. The third-order valence-corrected chi connectivity index (χ3v) is 7.14. The number of amides is 1. The summed E-state index contributed by atoms with van der Waals surface area (Å²) in [6, 6.07) is 6.72. The summed E-state index contributed by atoms with van der Waals surface area (Å²) in [5.41, 5.74) is 9.50. The molecule has 1 aromatic carbocycles.